The van der Waals surface area contributed by atoms with E-state index in [9.17, 15) is 9.59 Å². The molecule has 3 atom stereocenters. The van der Waals surface area contributed by atoms with Crippen LogP contribution in [0.15, 0.2) is 59.6 Å². The summed E-state index contributed by atoms with van der Waals surface area (Å²) in [6.45, 7) is 3.80. The van der Waals surface area contributed by atoms with Gasteiger partial charge in [-0.15, -0.1) is 11.3 Å². The van der Waals surface area contributed by atoms with E-state index >= 15 is 0 Å². The van der Waals surface area contributed by atoms with Crippen molar-refractivity contribution in [1.82, 2.24) is 30.0 Å². The average Bonchev–Trinajstić information content (AvgIpc) is 3.68. The molecule has 3 aromatic heterocycles. The zero-order chi connectivity index (χ0) is 31.1. The number of nitrogens with one attached hydrogen (secondary N) is 3. The average molecular weight is 642 g/mol. The van der Waals surface area contributed by atoms with E-state index in [0.29, 0.717) is 35.5 Å². The van der Waals surface area contributed by atoms with E-state index in [1.54, 1.807) is 17.5 Å². The van der Waals surface area contributed by atoms with Crippen LogP contribution in [0.1, 0.15) is 37.8 Å². The molecule has 0 bridgehead atoms. The molecular weight excluding hydrogens is 610 g/mol. The molecular formula is C32H32ClN9O2S. The highest BCUT2D eigenvalue weighted by Gasteiger charge is 2.32. The summed E-state index contributed by atoms with van der Waals surface area (Å²) in [5.41, 5.74) is 7.31. The van der Waals surface area contributed by atoms with E-state index < -0.39 is 5.92 Å². The number of piperidine rings is 2. The lowest BCUT2D eigenvalue weighted by Gasteiger charge is -2.37. The fourth-order valence-electron chi connectivity index (χ4n) is 6.19. The van der Waals surface area contributed by atoms with Crippen molar-refractivity contribution in [3.8, 4) is 11.3 Å². The Hall–Kier alpha value is -4.55. The van der Waals surface area contributed by atoms with Crippen molar-refractivity contribution >= 4 is 68.8 Å². The Morgan fingerprint density at radius 2 is 1.98 bits per heavy atom. The fraction of sp³-hybridized carbons (Fsp3) is 0.312. The molecule has 7 rings (SSSR count). The number of aromatic nitrogens is 5. The maximum atomic E-state index is 12.5. The molecule has 2 aliphatic heterocycles. The largest absolute Gasteiger partial charge is 0.382 e. The zero-order valence-corrected chi connectivity index (χ0v) is 26.4. The first-order valence-electron chi connectivity index (χ1n) is 14.9. The number of hydrogen-bond acceptors (Lipinski definition) is 10. The topological polar surface area (TPSA) is 130 Å². The van der Waals surface area contributed by atoms with Gasteiger partial charge in [-0.2, -0.15) is 10.1 Å². The number of fused-ring (bicyclic) bond motifs is 1. The molecule has 2 unspecified atom stereocenters. The van der Waals surface area contributed by atoms with Gasteiger partial charge in [-0.25, -0.2) is 9.97 Å². The zero-order valence-electron chi connectivity index (χ0n) is 24.8. The van der Waals surface area contributed by atoms with Gasteiger partial charge in [0.25, 0.3) is 0 Å². The van der Waals surface area contributed by atoms with E-state index in [2.05, 4.69) is 48.9 Å². The predicted octanol–water partition coefficient (Wildman–Crippen LogP) is 5.73. The molecule has 11 nitrogen and oxygen atoms in total. The molecule has 0 radical (unpaired) electrons. The van der Waals surface area contributed by atoms with Crippen LogP contribution in [0.25, 0.3) is 22.2 Å². The molecule has 2 aromatic carbocycles. The van der Waals surface area contributed by atoms with Crippen LogP contribution in [0.2, 0.25) is 5.02 Å². The molecule has 3 N–H and O–H groups in total. The fourth-order valence-corrected chi connectivity index (χ4v) is 6.89. The van der Waals surface area contributed by atoms with E-state index in [-0.39, 0.29) is 17.9 Å². The van der Waals surface area contributed by atoms with Crippen molar-refractivity contribution in [2.75, 3.05) is 28.6 Å². The number of thiazole rings is 1. The van der Waals surface area contributed by atoms with Gasteiger partial charge in [0.2, 0.25) is 17.8 Å². The van der Waals surface area contributed by atoms with Crippen molar-refractivity contribution in [1.29, 1.82) is 0 Å². The molecule has 2 amide bonds. The summed E-state index contributed by atoms with van der Waals surface area (Å²) in [5, 5.41) is 17.6. The smallest absolute Gasteiger partial charge is 0.235 e. The maximum Gasteiger partial charge on any atom is 0.235 e. The predicted molar refractivity (Wildman–Crippen MR) is 177 cm³/mol. The van der Waals surface area contributed by atoms with Gasteiger partial charge in [0.05, 0.1) is 34.5 Å². The first-order valence-corrected chi connectivity index (χ1v) is 16.2. The molecule has 0 spiro atoms. The summed E-state index contributed by atoms with van der Waals surface area (Å²) in [6.07, 6.45) is 3.35. The van der Waals surface area contributed by atoms with Gasteiger partial charge >= 0.3 is 0 Å². The molecule has 2 fully saturated rings. The number of rotatable bonds is 7. The van der Waals surface area contributed by atoms with Crippen LogP contribution in [0.5, 0.6) is 0 Å². The van der Waals surface area contributed by atoms with Gasteiger partial charge in [-0.3, -0.25) is 19.6 Å². The van der Waals surface area contributed by atoms with E-state index in [0.717, 1.165) is 58.7 Å². The number of imide groups is 1. The van der Waals surface area contributed by atoms with Gasteiger partial charge in [0, 0.05) is 60.3 Å². The molecule has 5 heterocycles. The number of aryl methyl sites for hydroxylation is 1. The van der Waals surface area contributed by atoms with Gasteiger partial charge in [-0.05, 0) is 49.1 Å². The first kappa shape index (κ1) is 29.2. The highest BCUT2D eigenvalue weighted by Crippen LogP contribution is 2.33. The summed E-state index contributed by atoms with van der Waals surface area (Å²) < 4.78 is 1.81. The van der Waals surface area contributed by atoms with E-state index in [4.69, 9.17) is 16.6 Å². The highest BCUT2D eigenvalue weighted by atomic mass is 35.5. The van der Waals surface area contributed by atoms with Crippen LogP contribution in [0.4, 0.5) is 23.1 Å². The van der Waals surface area contributed by atoms with Crippen LogP contribution >= 0.6 is 22.9 Å². The number of benzene rings is 2. The van der Waals surface area contributed by atoms with Crippen molar-refractivity contribution < 1.29 is 9.59 Å². The molecule has 2 aliphatic rings. The van der Waals surface area contributed by atoms with Crippen LogP contribution in [-0.2, 0) is 16.6 Å². The molecule has 13 heteroatoms. The number of carbonyl (C=O) groups excluding carboxylic acids is 2. The standard InChI is InChI=1S/C32H32ClN9O2S/c1-18-15-42(32-34-14-24(33)30(39-32)37-20-5-3-4-19(12-20)26-16-45-17-35-26)11-10-25(18)36-21-6-7-22-27(13-21)41(2)40-29(22)23-8-9-28(43)38-31(23)44/h3-7,12-14,16-18,23,25,36H,8-11,15H2,1-2H3,(H,34,37,39)(H,38,43,44)/t18?,23?,25-/m1/s1. The van der Waals surface area contributed by atoms with Gasteiger partial charge < -0.3 is 15.5 Å². The highest BCUT2D eigenvalue weighted by molar-refractivity contribution is 7.07. The van der Waals surface area contributed by atoms with Crippen molar-refractivity contribution in [2.45, 2.75) is 38.1 Å². The van der Waals surface area contributed by atoms with Gasteiger partial charge in [-0.1, -0.05) is 30.7 Å². The molecule has 5 aromatic rings. The minimum Gasteiger partial charge on any atom is -0.382 e. The van der Waals surface area contributed by atoms with Crippen LogP contribution in [0, 0.1) is 5.92 Å². The third-order valence-electron chi connectivity index (χ3n) is 8.57. The maximum absolute atomic E-state index is 12.5. The van der Waals surface area contributed by atoms with Crippen LogP contribution < -0.4 is 20.9 Å². The van der Waals surface area contributed by atoms with E-state index in [1.165, 1.54) is 0 Å². The lowest BCUT2D eigenvalue weighted by molar-refractivity contribution is -0.134. The minimum absolute atomic E-state index is 0.225. The number of carbonyl (C=O) groups is 2. The van der Waals surface area contributed by atoms with Crippen molar-refractivity contribution in [3.05, 3.63) is 70.3 Å². The number of amides is 2. The Balaban J connectivity index is 1.03. The third-order valence-corrected chi connectivity index (χ3v) is 9.44. The Morgan fingerprint density at radius 3 is 2.78 bits per heavy atom. The number of halogens is 1. The van der Waals surface area contributed by atoms with Gasteiger partial charge in [0.15, 0.2) is 5.82 Å². The lowest BCUT2D eigenvalue weighted by Crippen LogP contribution is -2.46. The Morgan fingerprint density at radius 1 is 1.09 bits per heavy atom. The normalized spacial score (nSPS) is 20.3. The third kappa shape index (κ3) is 5.95. The number of hydrogen-bond donors (Lipinski definition) is 3. The minimum atomic E-state index is -0.422. The SMILES string of the molecule is CC1CN(c2ncc(Cl)c(Nc3cccc(-c4cscn4)c3)n2)CC[C@H]1Nc1ccc2c(C3CCC(=O)NC3=O)nn(C)c2c1. The summed E-state index contributed by atoms with van der Waals surface area (Å²) in [7, 11) is 1.88. The first-order chi connectivity index (χ1) is 21.8. The van der Waals surface area contributed by atoms with E-state index in [1.807, 2.05) is 59.0 Å². The number of nitrogens with zero attached hydrogens (tertiary/aromatic N) is 6. The summed E-state index contributed by atoms with van der Waals surface area (Å²) in [4.78, 5) is 40.1. The molecule has 45 heavy (non-hydrogen) atoms. The summed E-state index contributed by atoms with van der Waals surface area (Å²) in [6, 6.07) is 14.4. The number of anilines is 4. The second-order valence-corrected chi connectivity index (χ2v) is 12.8. The molecule has 2 saturated heterocycles. The Labute approximate surface area is 269 Å². The van der Waals surface area contributed by atoms with Crippen molar-refractivity contribution in [2.24, 2.45) is 13.0 Å². The second-order valence-electron chi connectivity index (χ2n) is 11.7. The molecule has 230 valence electrons. The molecule has 0 aliphatic carbocycles. The monoisotopic (exact) mass is 641 g/mol. The van der Waals surface area contributed by atoms with Crippen molar-refractivity contribution in [3.63, 3.8) is 0 Å². The molecule has 0 saturated carbocycles. The van der Waals surface area contributed by atoms with Crippen LogP contribution in [-0.4, -0.2) is 55.7 Å². The van der Waals surface area contributed by atoms with Gasteiger partial charge in [0.1, 0.15) is 5.02 Å². The Kier molecular flexibility index (Phi) is 7.84. The lowest BCUT2D eigenvalue weighted by atomic mass is 9.92. The summed E-state index contributed by atoms with van der Waals surface area (Å²) >= 11 is 8.08. The van der Waals surface area contributed by atoms with Crippen LogP contribution in [0.3, 0.4) is 0 Å². The quantitative estimate of drug-likeness (QED) is 0.191. The second kappa shape index (κ2) is 12.1. The Bertz CT molecular complexity index is 1890. The summed E-state index contributed by atoms with van der Waals surface area (Å²) in [5.74, 6) is 0.588.